The lowest BCUT2D eigenvalue weighted by molar-refractivity contribution is 0.242. The third kappa shape index (κ3) is 4.49. The number of aliphatic hydroxyl groups is 1. The number of hydrogen-bond acceptors (Lipinski definition) is 3. The summed E-state index contributed by atoms with van der Waals surface area (Å²) in [6.45, 7) is 7.31. The molecule has 1 aromatic rings. The van der Waals surface area contributed by atoms with Crippen molar-refractivity contribution in [2.45, 2.75) is 46.4 Å². The molecule has 1 rings (SSSR count). The Kier molecular flexibility index (Phi) is 4.85. The molecule has 0 bridgehead atoms. The van der Waals surface area contributed by atoms with E-state index in [0.717, 1.165) is 18.7 Å². The zero-order valence-electron chi connectivity index (χ0n) is 9.79. The van der Waals surface area contributed by atoms with E-state index in [0.29, 0.717) is 17.7 Å². The van der Waals surface area contributed by atoms with Gasteiger partial charge in [-0.3, -0.25) is 0 Å². The largest absolute Gasteiger partial charge is 0.462 e. The maximum absolute atomic E-state index is 8.83. The lowest BCUT2D eigenvalue weighted by Crippen LogP contribution is -2.26. The monoisotopic (exact) mass is 211 g/mol. The quantitative estimate of drug-likeness (QED) is 0.759. The van der Waals surface area contributed by atoms with Gasteiger partial charge in [-0.05, 0) is 31.4 Å². The smallest absolute Gasteiger partial charge is 0.129 e. The second kappa shape index (κ2) is 5.93. The average molecular weight is 211 g/mol. The van der Waals surface area contributed by atoms with E-state index in [1.807, 2.05) is 12.1 Å². The van der Waals surface area contributed by atoms with Crippen molar-refractivity contribution < 1.29 is 9.52 Å². The van der Waals surface area contributed by atoms with Gasteiger partial charge in [-0.2, -0.15) is 0 Å². The maximum Gasteiger partial charge on any atom is 0.129 e. The van der Waals surface area contributed by atoms with Crippen molar-refractivity contribution in [2.75, 3.05) is 0 Å². The summed E-state index contributed by atoms with van der Waals surface area (Å²) >= 11 is 0. The Labute approximate surface area is 91.5 Å². The van der Waals surface area contributed by atoms with E-state index in [1.54, 1.807) is 0 Å². The maximum atomic E-state index is 8.83. The van der Waals surface area contributed by atoms with E-state index in [9.17, 15) is 0 Å². The Morgan fingerprint density at radius 1 is 1.27 bits per heavy atom. The van der Waals surface area contributed by atoms with Crippen LogP contribution in [0.3, 0.4) is 0 Å². The van der Waals surface area contributed by atoms with E-state index < -0.39 is 0 Å². The molecule has 0 aromatic carbocycles. The van der Waals surface area contributed by atoms with Crippen molar-refractivity contribution in [1.29, 1.82) is 0 Å². The molecule has 3 heteroatoms. The Morgan fingerprint density at radius 3 is 2.47 bits per heavy atom. The van der Waals surface area contributed by atoms with Crippen LogP contribution in [0, 0.1) is 5.92 Å². The number of nitrogens with one attached hydrogen (secondary N) is 1. The SMILES string of the molecule is CC(C)CC(C)NCc1ccc(CO)o1. The molecule has 0 fully saturated rings. The van der Waals surface area contributed by atoms with Gasteiger partial charge in [0.05, 0.1) is 6.54 Å². The molecule has 2 N–H and O–H groups in total. The number of hydrogen-bond donors (Lipinski definition) is 2. The molecule has 0 saturated carbocycles. The highest BCUT2D eigenvalue weighted by molar-refractivity contribution is 5.06. The van der Waals surface area contributed by atoms with Crippen molar-refractivity contribution in [2.24, 2.45) is 5.92 Å². The number of rotatable bonds is 6. The standard InChI is InChI=1S/C12H21NO2/c1-9(2)6-10(3)13-7-11-4-5-12(8-14)15-11/h4-5,9-10,13-14H,6-8H2,1-3H3. The van der Waals surface area contributed by atoms with Gasteiger partial charge >= 0.3 is 0 Å². The summed E-state index contributed by atoms with van der Waals surface area (Å²) in [4.78, 5) is 0. The van der Waals surface area contributed by atoms with Gasteiger partial charge in [-0.1, -0.05) is 13.8 Å². The second-order valence-electron chi connectivity index (χ2n) is 4.44. The summed E-state index contributed by atoms with van der Waals surface area (Å²) in [6.07, 6.45) is 1.16. The number of furan rings is 1. The van der Waals surface area contributed by atoms with Crippen LogP contribution in [0.25, 0.3) is 0 Å². The Hall–Kier alpha value is -0.800. The minimum absolute atomic E-state index is 0.0262. The molecular formula is C12H21NO2. The highest BCUT2D eigenvalue weighted by Crippen LogP contribution is 2.09. The molecule has 1 aromatic heterocycles. The molecule has 1 unspecified atom stereocenters. The Morgan fingerprint density at radius 2 is 1.93 bits per heavy atom. The van der Waals surface area contributed by atoms with Crippen LogP contribution in [0.15, 0.2) is 16.5 Å². The molecule has 0 radical (unpaired) electrons. The molecule has 0 aliphatic rings. The van der Waals surface area contributed by atoms with Crippen LogP contribution in [0.5, 0.6) is 0 Å². The summed E-state index contributed by atoms with van der Waals surface area (Å²) in [5, 5.41) is 12.2. The van der Waals surface area contributed by atoms with Crippen LogP contribution >= 0.6 is 0 Å². The van der Waals surface area contributed by atoms with E-state index in [2.05, 4.69) is 26.1 Å². The molecule has 3 nitrogen and oxygen atoms in total. The summed E-state index contributed by atoms with van der Waals surface area (Å²) in [6, 6.07) is 4.21. The molecular weight excluding hydrogens is 190 g/mol. The first kappa shape index (κ1) is 12.3. The number of aliphatic hydroxyl groups excluding tert-OH is 1. The van der Waals surface area contributed by atoms with Gasteiger partial charge in [0.2, 0.25) is 0 Å². The molecule has 0 saturated heterocycles. The fourth-order valence-electron chi connectivity index (χ4n) is 1.67. The molecule has 1 heterocycles. The van der Waals surface area contributed by atoms with Crippen molar-refractivity contribution in [3.63, 3.8) is 0 Å². The molecule has 86 valence electrons. The minimum atomic E-state index is -0.0262. The van der Waals surface area contributed by atoms with Crippen molar-refractivity contribution in [3.8, 4) is 0 Å². The van der Waals surface area contributed by atoms with E-state index >= 15 is 0 Å². The Balaban J connectivity index is 2.30. The average Bonchev–Trinajstić information content (AvgIpc) is 2.61. The van der Waals surface area contributed by atoms with Gasteiger partial charge in [0.15, 0.2) is 0 Å². The predicted molar refractivity (Wildman–Crippen MR) is 60.4 cm³/mol. The summed E-state index contributed by atoms with van der Waals surface area (Å²) in [5.74, 6) is 2.22. The third-order valence-corrected chi connectivity index (χ3v) is 2.32. The second-order valence-corrected chi connectivity index (χ2v) is 4.44. The van der Waals surface area contributed by atoms with Gasteiger partial charge in [0.1, 0.15) is 18.1 Å². The first-order valence-electron chi connectivity index (χ1n) is 5.53. The lowest BCUT2D eigenvalue weighted by Gasteiger charge is -2.14. The zero-order chi connectivity index (χ0) is 11.3. The van der Waals surface area contributed by atoms with Gasteiger partial charge in [0.25, 0.3) is 0 Å². The molecule has 0 amide bonds. The first-order chi connectivity index (χ1) is 7.11. The third-order valence-electron chi connectivity index (χ3n) is 2.32. The molecule has 0 aliphatic carbocycles. The van der Waals surface area contributed by atoms with Crippen molar-refractivity contribution in [3.05, 3.63) is 23.7 Å². The van der Waals surface area contributed by atoms with Crippen LogP contribution in [0.2, 0.25) is 0 Å². The van der Waals surface area contributed by atoms with Crippen LogP contribution in [-0.2, 0) is 13.2 Å². The van der Waals surface area contributed by atoms with Crippen molar-refractivity contribution >= 4 is 0 Å². The lowest BCUT2D eigenvalue weighted by atomic mass is 10.1. The van der Waals surface area contributed by atoms with Crippen LogP contribution in [0.1, 0.15) is 38.7 Å². The van der Waals surface area contributed by atoms with E-state index in [-0.39, 0.29) is 6.61 Å². The first-order valence-corrected chi connectivity index (χ1v) is 5.53. The normalized spacial score (nSPS) is 13.4. The molecule has 0 aliphatic heterocycles. The van der Waals surface area contributed by atoms with Gasteiger partial charge in [-0.15, -0.1) is 0 Å². The topological polar surface area (TPSA) is 45.4 Å². The van der Waals surface area contributed by atoms with Gasteiger partial charge < -0.3 is 14.8 Å². The Bertz CT molecular complexity index is 281. The fourth-order valence-corrected chi connectivity index (χ4v) is 1.67. The van der Waals surface area contributed by atoms with Gasteiger partial charge in [0, 0.05) is 6.04 Å². The van der Waals surface area contributed by atoms with E-state index in [1.165, 1.54) is 0 Å². The predicted octanol–water partition coefficient (Wildman–Crippen LogP) is 2.30. The van der Waals surface area contributed by atoms with Crippen LogP contribution in [-0.4, -0.2) is 11.1 Å². The molecule has 15 heavy (non-hydrogen) atoms. The molecule has 0 spiro atoms. The molecule has 1 atom stereocenters. The zero-order valence-corrected chi connectivity index (χ0v) is 9.79. The summed E-state index contributed by atoms with van der Waals surface area (Å²) in [7, 11) is 0. The summed E-state index contributed by atoms with van der Waals surface area (Å²) < 4.78 is 5.38. The highest BCUT2D eigenvalue weighted by Gasteiger charge is 2.06. The van der Waals surface area contributed by atoms with Gasteiger partial charge in [-0.25, -0.2) is 0 Å². The van der Waals surface area contributed by atoms with Crippen LogP contribution < -0.4 is 5.32 Å². The van der Waals surface area contributed by atoms with Crippen molar-refractivity contribution in [1.82, 2.24) is 5.32 Å². The summed E-state index contributed by atoms with van der Waals surface area (Å²) in [5.41, 5.74) is 0. The fraction of sp³-hybridized carbons (Fsp3) is 0.667. The van der Waals surface area contributed by atoms with E-state index in [4.69, 9.17) is 9.52 Å². The van der Waals surface area contributed by atoms with Crippen LogP contribution in [0.4, 0.5) is 0 Å². The minimum Gasteiger partial charge on any atom is -0.462 e. The highest BCUT2D eigenvalue weighted by atomic mass is 16.4.